The number of thioether (sulfide) groups is 1. The molecule has 2 aliphatic rings. The number of ether oxygens (including phenoxy) is 1. The van der Waals surface area contributed by atoms with E-state index in [1.165, 1.54) is 23.4 Å². The van der Waals surface area contributed by atoms with Gasteiger partial charge in [0, 0.05) is 31.9 Å². The highest BCUT2D eigenvalue weighted by Gasteiger charge is 2.32. The third-order valence-corrected chi connectivity index (χ3v) is 7.13. The summed E-state index contributed by atoms with van der Waals surface area (Å²) in [6, 6.07) is 14.0. The fourth-order valence-corrected chi connectivity index (χ4v) is 5.12. The minimum atomic E-state index is -0.587. The molecule has 2 aromatic carbocycles. The Hall–Kier alpha value is -2.42. The molecule has 2 aliphatic heterocycles. The number of rotatable bonds is 7. The molecule has 0 saturated carbocycles. The summed E-state index contributed by atoms with van der Waals surface area (Å²) in [7, 11) is 0. The van der Waals surface area contributed by atoms with Crippen LogP contribution in [0.4, 0.5) is 4.39 Å². The lowest BCUT2D eigenvalue weighted by molar-refractivity contribution is -0.128. The van der Waals surface area contributed by atoms with Crippen LogP contribution in [-0.4, -0.2) is 60.1 Å². The summed E-state index contributed by atoms with van der Waals surface area (Å²) >= 11 is 1.40. The molecule has 2 atom stereocenters. The van der Waals surface area contributed by atoms with Crippen LogP contribution in [0.2, 0.25) is 0 Å². The van der Waals surface area contributed by atoms with E-state index in [1.807, 2.05) is 18.2 Å². The average Bonchev–Trinajstić information content (AvgIpc) is 2.81. The molecule has 2 N–H and O–H groups in total. The summed E-state index contributed by atoms with van der Waals surface area (Å²) in [6.45, 7) is 4.53. The van der Waals surface area contributed by atoms with E-state index in [9.17, 15) is 14.0 Å². The maximum atomic E-state index is 13.9. The smallest absolute Gasteiger partial charge is 0.243 e. The maximum absolute atomic E-state index is 13.9. The molecule has 8 heteroatoms. The molecule has 0 spiro atoms. The van der Waals surface area contributed by atoms with E-state index in [-0.39, 0.29) is 17.6 Å². The van der Waals surface area contributed by atoms with Crippen LogP contribution < -0.4 is 10.6 Å². The summed E-state index contributed by atoms with van der Waals surface area (Å²) in [5, 5.41) is 5.38. The molecule has 2 fully saturated rings. The van der Waals surface area contributed by atoms with E-state index >= 15 is 0 Å². The van der Waals surface area contributed by atoms with Gasteiger partial charge in [0.15, 0.2) is 0 Å². The van der Waals surface area contributed by atoms with Gasteiger partial charge in [-0.05, 0) is 29.2 Å². The molecular weight excluding hydrogens is 429 g/mol. The number of hydrogen-bond donors (Lipinski definition) is 2. The number of amides is 2. The zero-order chi connectivity index (χ0) is 22.3. The third-order valence-electron chi connectivity index (χ3n) is 5.82. The third kappa shape index (κ3) is 5.88. The molecule has 6 nitrogen and oxygen atoms in total. The zero-order valence-electron chi connectivity index (χ0n) is 17.9. The molecule has 2 saturated heterocycles. The molecular formula is C24H28FN3O3S. The zero-order valence-corrected chi connectivity index (χ0v) is 18.7. The summed E-state index contributed by atoms with van der Waals surface area (Å²) in [6.07, 6.45) is 0.312. The van der Waals surface area contributed by atoms with Crippen LogP contribution in [0, 0.1) is 5.82 Å². The number of carbonyl (C=O) groups is 2. The van der Waals surface area contributed by atoms with Crippen LogP contribution in [0.5, 0.6) is 0 Å². The minimum absolute atomic E-state index is 0.198. The molecule has 4 rings (SSSR count). The van der Waals surface area contributed by atoms with Gasteiger partial charge in [-0.2, -0.15) is 0 Å². The topological polar surface area (TPSA) is 70.7 Å². The summed E-state index contributed by atoms with van der Waals surface area (Å²) in [5.41, 5.74) is 2.76. The van der Waals surface area contributed by atoms with Gasteiger partial charge in [-0.3, -0.25) is 14.5 Å². The van der Waals surface area contributed by atoms with E-state index in [0.29, 0.717) is 24.3 Å². The highest BCUT2D eigenvalue weighted by molar-refractivity contribution is 8.00. The van der Waals surface area contributed by atoms with Crippen molar-refractivity contribution in [3.8, 4) is 0 Å². The van der Waals surface area contributed by atoms with E-state index < -0.39 is 11.3 Å². The Morgan fingerprint density at radius 3 is 2.50 bits per heavy atom. The predicted octanol–water partition coefficient (Wildman–Crippen LogP) is 2.12. The van der Waals surface area contributed by atoms with Crippen LogP contribution in [0.3, 0.4) is 0 Å². The second-order valence-corrected chi connectivity index (χ2v) is 9.29. The highest BCUT2D eigenvalue weighted by Crippen LogP contribution is 2.23. The van der Waals surface area contributed by atoms with Gasteiger partial charge in [-0.25, -0.2) is 4.39 Å². The lowest BCUT2D eigenvalue weighted by Crippen LogP contribution is -2.54. The quantitative estimate of drug-likeness (QED) is 0.667. The first kappa shape index (κ1) is 22.8. The van der Waals surface area contributed by atoms with Crippen molar-refractivity contribution in [1.82, 2.24) is 15.5 Å². The largest absolute Gasteiger partial charge is 0.379 e. The molecule has 0 radical (unpaired) electrons. The van der Waals surface area contributed by atoms with Crippen molar-refractivity contribution in [2.24, 2.45) is 0 Å². The lowest BCUT2D eigenvalue weighted by atomic mass is 10.1. The number of morpholine rings is 1. The summed E-state index contributed by atoms with van der Waals surface area (Å²) in [5.74, 6) is -0.267. The number of carbonyl (C=O) groups excluding carboxylic acids is 2. The SMILES string of the molecule is O=C(NCc1ccccc1CN1CCOCC1)[C@H]1CS[C@H](Cc2ccccc2F)C(=O)N1. The monoisotopic (exact) mass is 457 g/mol. The molecule has 32 heavy (non-hydrogen) atoms. The van der Waals surface area contributed by atoms with E-state index in [1.54, 1.807) is 18.2 Å². The molecule has 0 aromatic heterocycles. The maximum Gasteiger partial charge on any atom is 0.243 e. The molecule has 0 unspecified atom stereocenters. The summed E-state index contributed by atoms with van der Waals surface area (Å²) in [4.78, 5) is 27.6. The Kier molecular flexibility index (Phi) is 7.78. The van der Waals surface area contributed by atoms with Crippen LogP contribution in [0.1, 0.15) is 16.7 Å². The number of hydrogen-bond acceptors (Lipinski definition) is 5. The highest BCUT2D eigenvalue weighted by atomic mass is 32.2. The van der Waals surface area contributed by atoms with E-state index in [2.05, 4.69) is 21.6 Å². The number of benzene rings is 2. The van der Waals surface area contributed by atoms with Crippen molar-refractivity contribution < 1.29 is 18.7 Å². The van der Waals surface area contributed by atoms with Crippen LogP contribution in [-0.2, 0) is 33.8 Å². The van der Waals surface area contributed by atoms with Crippen molar-refractivity contribution in [3.05, 3.63) is 71.0 Å². The second kappa shape index (κ2) is 10.9. The lowest BCUT2D eigenvalue weighted by Gasteiger charge is -2.29. The molecule has 2 aromatic rings. The summed E-state index contributed by atoms with van der Waals surface area (Å²) < 4.78 is 19.3. The second-order valence-electron chi connectivity index (χ2n) is 8.05. The fourth-order valence-electron chi connectivity index (χ4n) is 3.94. The van der Waals surface area contributed by atoms with E-state index in [4.69, 9.17) is 4.74 Å². The van der Waals surface area contributed by atoms with Crippen LogP contribution in [0.15, 0.2) is 48.5 Å². The van der Waals surface area contributed by atoms with Gasteiger partial charge in [-0.15, -0.1) is 11.8 Å². The van der Waals surface area contributed by atoms with Crippen molar-refractivity contribution in [2.45, 2.75) is 30.8 Å². The van der Waals surface area contributed by atoms with Gasteiger partial charge in [-0.1, -0.05) is 42.5 Å². The van der Waals surface area contributed by atoms with Crippen molar-refractivity contribution in [3.63, 3.8) is 0 Å². The van der Waals surface area contributed by atoms with Gasteiger partial charge in [0.2, 0.25) is 11.8 Å². The van der Waals surface area contributed by atoms with Gasteiger partial charge in [0.25, 0.3) is 0 Å². The average molecular weight is 458 g/mol. The Labute approximate surface area is 191 Å². The Balaban J connectivity index is 1.29. The van der Waals surface area contributed by atoms with E-state index in [0.717, 1.165) is 38.4 Å². The molecule has 0 bridgehead atoms. The predicted molar refractivity (Wildman–Crippen MR) is 123 cm³/mol. The molecule has 2 heterocycles. The first-order chi connectivity index (χ1) is 15.6. The van der Waals surface area contributed by atoms with Crippen LogP contribution in [0.25, 0.3) is 0 Å². The Bertz CT molecular complexity index is 952. The molecule has 170 valence electrons. The first-order valence-corrected chi connectivity index (χ1v) is 11.9. The number of nitrogens with zero attached hydrogens (tertiary/aromatic N) is 1. The van der Waals surface area contributed by atoms with Crippen LogP contribution >= 0.6 is 11.8 Å². The van der Waals surface area contributed by atoms with Gasteiger partial charge in [0.05, 0.1) is 18.5 Å². The standard InChI is InChI=1S/C24H28FN3O3S/c25-20-8-4-3-5-17(20)13-22-24(30)27-21(16-32-22)23(29)26-14-18-6-1-2-7-19(18)15-28-9-11-31-12-10-28/h1-8,21-22H,9-16H2,(H,26,29)(H,27,30)/t21-,22-/m1/s1. The van der Waals surface area contributed by atoms with Crippen molar-refractivity contribution in [1.29, 1.82) is 0 Å². The van der Waals surface area contributed by atoms with Crippen molar-refractivity contribution in [2.75, 3.05) is 32.1 Å². The Morgan fingerprint density at radius 1 is 1.09 bits per heavy atom. The normalized spacial score (nSPS) is 21.7. The molecule has 0 aliphatic carbocycles. The molecule has 2 amide bonds. The fraction of sp³-hybridized carbons (Fsp3) is 0.417. The Morgan fingerprint density at radius 2 is 1.78 bits per heavy atom. The number of nitrogens with one attached hydrogen (secondary N) is 2. The van der Waals surface area contributed by atoms with Crippen molar-refractivity contribution >= 4 is 23.6 Å². The first-order valence-electron chi connectivity index (χ1n) is 10.9. The van der Waals surface area contributed by atoms with Gasteiger partial charge in [0.1, 0.15) is 11.9 Å². The van der Waals surface area contributed by atoms with Gasteiger partial charge < -0.3 is 15.4 Å². The minimum Gasteiger partial charge on any atom is -0.379 e. The number of halogens is 1. The van der Waals surface area contributed by atoms with Gasteiger partial charge >= 0.3 is 0 Å².